The normalized spacial score (nSPS) is 23.7. The molecule has 1 aromatic rings. The van der Waals surface area contributed by atoms with Gasteiger partial charge in [-0.1, -0.05) is 4.65 Å². The predicted molar refractivity (Wildman–Crippen MR) is 83.9 cm³/mol. The van der Waals surface area contributed by atoms with E-state index in [0.717, 1.165) is 0 Å². The maximum atomic E-state index is 12.5. The summed E-state index contributed by atoms with van der Waals surface area (Å²) in [4.78, 5) is 12.5. The zero-order valence-corrected chi connectivity index (χ0v) is 13.9. The van der Waals surface area contributed by atoms with Crippen molar-refractivity contribution in [3.05, 3.63) is 29.1 Å². The zero-order chi connectivity index (χ0) is 18.1. The van der Waals surface area contributed by atoms with E-state index in [1.54, 1.807) is 0 Å². The van der Waals surface area contributed by atoms with Crippen LogP contribution in [0.3, 0.4) is 0 Å². The molecule has 1 aliphatic heterocycles. The number of fused-ring (bicyclic) bond motifs is 1. The molecule has 4 N–H and O–H groups in total. The highest BCUT2D eigenvalue weighted by Gasteiger charge is 2.51. The van der Waals surface area contributed by atoms with Crippen LogP contribution < -0.4 is 9.47 Å². The van der Waals surface area contributed by atoms with Gasteiger partial charge in [-0.2, -0.15) is 0 Å². The highest BCUT2D eigenvalue weighted by Crippen LogP contribution is 2.41. The molecule has 1 aromatic carbocycles. The van der Waals surface area contributed by atoms with Crippen molar-refractivity contribution in [1.82, 2.24) is 0 Å². The fourth-order valence-corrected chi connectivity index (χ4v) is 2.69. The van der Waals surface area contributed by atoms with Gasteiger partial charge in [0.1, 0.15) is 6.54 Å². The third-order valence-electron chi connectivity index (χ3n) is 3.88. The monoisotopic (exact) mass is 360 g/mol. The molecule has 9 heteroatoms. The third kappa shape index (κ3) is 2.78. The van der Waals surface area contributed by atoms with Gasteiger partial charge in [-0.05, 0) is 12.1 Å². The van der Waals surface area contributed by atoms with Gasteiger partial charge in [0.25, 0.3) is 0 Å². The van der Waals surface area contributed by atoms with Crippen LogP contribution in [0.15, 0.2) is 18.0 Å². The van der Waals surface area contributed by atoms with Gasteiger partial charge in [0.05, 0.1) is 14.2 Å². The molecule has 1 heterocycles. The second-order valence-electron chi connectivity index (χ2n) is 5.24. The first-order valence-electron chi connectivity index (χ1n) is 7.10. The van der Waals surface area contributed by atoms with Crippen LogP contribution in [-0.4, -0.2) is 57.7 Å². The molecule has 2 unspecified atom stereocenters. The molecule has 0 spiro atoms. The first kappa shape index (κ1) is 18.3. The minimum Gasteiger partial charge on any atom is -0.500 e. The van der Waals surface area contributed by atoms with E-state index >= 15 is 0 Å². The van der Waals surface area contributed by atoms with Crippen LogP contribution in [0, 0.1) is 0 Å². The van der Waals surface area contributed by atoms with Crippen LogP contribution in [0.5, 0.6) is 11.5 Å². The Morgan fingerprint density at radius 3 is 2.33 bits per heavy atom. The highest BCUT2D eigenvalue weighted by molar-refractivity contribution is 6.17. The van der Waals surface area contributed by atoms with E-state index in [1.165, 1.54) is 26.4 Å². The van der Waals surface area contributed by atoms with Crippen molar-refractivity contribution >= 4 is 23.3 Å². The summed E-state index contributed by atoms with van der Waals surface area (Å²) < 4.78 is 8.57. The molecule has 0 aliphatic carbocycles. The first-order chi connectivity index (χ1) is 11.3. The number of methoxy groups -OCH3 is 2. The molecule has 1 aliphatic rings. The molecule has 0 radical (unpaired) electrons. The minimum absolute atomic E-state index is 0.0263. The largest absolute Gasteiger partial charge is 0.500 e. The Balaban J connectivity index is 2.70. The molecule has 8 nitrogen and oxygen atoms in total. The summed E-state index contributed by atoms with van der Waals surface area (Å²) in [6.07, 6.45) is -1.64. The second-order valence-corrected chi connectivity index (χ2v) is 5.62. The number of rotatable bonds is 5. The maximum absolute atomic E-state index is 12.5. The van der Waals surface area contributed by atoms with E-state index in [2.05, 4.69) is 0 Å². The summed E-state index contributed by atoms with van der Waals surface area (Å²) in [5.41, 5.74) is -0.0763. The molecule has 0 saturated heterocycles. The van der Waals surface area contributed by atoms with Crippen LogP contribution in [0.2, 0.25) is 0 Å². The van der Waals surface area contributed by atoms with E-state index in [-0.39, 0.29) is 41.5 Å². The van der Waals surface area contributed by atoms with Gasteiger partial charge in [-0.3, -0.25) is 0 Å². The number of amides is 1. The lowest BCUT2D eigenvalue weighted by atomic mass is 10.00. The lowest BCUT2D eigenvalue weighted by Gasteiger charge is -2.25. The number of alkyl halides is 1. The van der Waals surface area contributed by atoms with Crippen LogP contribution in [0.25, 0.3) is 5.76 Å². The van der Waals surface area contributed by atoms with E-state index < -0.39 is 28.3 Å². The molecule has 0 bridgehead atoms. The Hall–Kier alpha value is -2.00. The number of quaternary nitrogens is 1. The van der Waals surface area contributed by atoms with Crippen molar-refractivity contribution < 1.29 is 39.4 Å². The fraction of sp³-hybridized carbons (Fsp3) is 0.400. The van der Waals surface area contributed by atoms with Gasteiger partial charge in [0.2, 0.25) is 5.76 Å². The smallest absolute Gasteiger partial charge is 0.386 e. The predicted octanol–water partition coefficient (Wildman–Crippen LogP) is 1.85. The summed E-state index contributed by atoms with van der Waals surface area (Å²) in [7, 11) is 2.74. The molecule has 2 rings (SSSR count). The van der Waals surface area contributed by atoms with Gasteiger partial charge >= 0.3 is 11.8 Å². The van der Waals surface area contributed by atoms with Crippen LogP contribution in [-0.2, 0) is 4.79 Å². The number of benzene rings is 1. The lowest BCUT2D eigenvalue weighted by Crippen LogP contribution is -2.51. The van der Waals surface area contributed by atoms with E-state index in [1.807, 2.05) is 0 Å². The molecule has 132 valence electrons. The maximum Gasteiger partial charge on any atom is 0.386 e. The number of halogens is 1. The summed E-state index contributed by atoms with van der Waals surface area (Å²) in [6, 6.07) is 2.60. The van der Waals surface area contributed by atoms with Gasteiger partial charge in [0.15, 0.2) is 17.6 Å². The van der Waals surface area contributed by atoms with Gasteiger partial charge in [-0.15, -0.1) is 11.6 Å². The number of carbonyl (C=O) groups is 1. The molecule has 1 amide bonds. The summed E-state index contributed by atoms with van der Waals surface area (Å²) >= 11 is 5.57. The second kappa shape index (κ2) is 6.86. The summed E-state index contributed by atoms with van der Waals surface area (Å²) in [5, 5.41) is 41.4. The number of ether oxygens (including phenoxy) is 2. The average molecular weight is 361 g/mol. The zero-order valence-electron chi connectivity index (χ0n) is 13.2. The molecule has 2 atom stereocenters. The van der Waals surface area contributed by atoms with Gasteiger partial charge in [-0.25, -0.2) is 10.0 Å². The third-order valence-corrected chi connectivity index (χ3v) is 4.15. The minimum atomic E-state index is -1.80. The number of aliphatic hydroxyl groups is 3. The Kier molecular flexibility index (Phi) is 5.24. The van der Waals surface area contributed by atoms with Crippen molar-refractivity contribution in [1.29, 1.82) is 0 Å². The highest BCUT2D eigenvalue weighted by atomic mass is 35.5. The fourth-order valence-electron chi connectivity index (χ4n) is 2.57. The standard InChI is InChI=1S/C15H18ClNO7/c1-23-10-6-8-9(7-11(10)24-2)13(19)15(21)17(22,5-3-4-16)14(20)12(8)18/h6-7,12,18,22H,3-5H2,1-2H3,(H-,19,21)/p+1. The summed E-state index contributed by atoms with van der Waals surface area (Å²) in [5.74, 6) is -2.30. The van der Waals surface area contributed by atoms with Crippen molar-refractivity contribution in [2.75, 3.05) is 26.6 Å². The van der Waals surface area contributed by atoms with Crippen molar-refractivity contribution in [2.24, 2.45) is 0 Å². The molecular weight excluding hydrogens is 342 g/mol. The van der Waals surface area contributed by atoms with E-state index in [0.29, 0.717) is 0 Å². The topological polar surface area (TPSA) is 116 Å². The van der Waals surface area contributed by atoms with E-state index in [9.17, 15) is 25.3 Å². The quantitative estimate of drug-likeness (QED) is 0.359. The molecule has 0 aromatic heterocycles. The van der Waals surface area contributed by atoms with Crippen molar-refractivity contribution in [3.8, 4) is 11.5 Å². The number of carbonyl (C=O) groups excluding carboxylic acids is 1. The Morgan fingerprint density at radius 1 is 1.21 bits per heavy atom. The SMILES string of the molecule is COc1cc2c(cc1OC)C(O)C(=O)[N+](O)(CCCCl)C(O)=C2O. The number of hydrogen-bond donors (Lipinski definition) is 4. The Bertz CT molecular complexity index is 691. The van der Waals surface area contributed by atoms with Crippen LogP contribution in [0.1, 0.15) is 23.7 Å². The molecule has 0 fully saturated rings. The molecule has 0 saturated carbocycles. The molecule has 24 heavy (non-hydrogen) atoms. The van der Waals surface area contributed by atoms with Crippen molar-refractivity contribution in [2.45, 2.75) is 12.5 Å². The van der Waals surface area contributed by atoms with Crippen LogP contribution in [0.4, 0.5) is 0 Å². The number of aliphatic hydroxyl groups excluding tert-OH is 3. The number of nitrogens with zero attached hydrogens (tertiary/aromatic N) is 1. The molecular formula is C15H19ClNO7+. The first-order valence-corrected chi connectivity index (χ1v) is 7.63. The van der Waals surface area contributed by atoms with Crippen molar-refractivity contribution in [3.63, 3.8) is 0 Å². The lowest BCUT2D eigenvalue weighted by molar-refractivity contribution is -1.02. The van der Waals surface area contributed by atoms with E-state index in [4.69, 9.17) is 21.1 Å². The Morgan fingerprint density at radius 2 is 1.79 bits per heavy atom. The average Bonchev–Trinajstić information content (AvgIpc) is 2.65. The summed E-state index contributed by atoms with van der Waals surface area (Å²) in [6.45, 7) is -0.308. The van der Waals surface area contributed by atoms with Gasteiger partial charge < -0.3 is 24.8 Å². The number of hydrogen-bond acceptors (Lipinski definition) is 7. The number of hydroxylamine groups is 3. The van der Waals surface area contributed by atoms with Crippen LogP contribution >= 0.6 is 11.6 Å². The van der Waals surface area contributed by atoms with Gasteiger partial charge in [0, 0.05) is 23.4 Å². The Labute approximate surface area is 143 Å².